The fraction of sp³-hybridized carbons (Fsp3) is 0.579. The molecule has 1 radical (unpaired) electrons. The van der Waals surface area contributed by atoms with E-state index >= 15 is 0 Å². The first kappa shape index (κ1) is 23.8. The summed E-state index contributed by atoms with van der Waals surface area (Å²) >= 11 is 0. The number of pyridine rings is 1. The molecule has 2 aliphatic rings. The Balaban J connectivity index is 1.65. The monoisotopic (exact) mass is 444 g/mol. The summed E-state index contributed by atoms with van der Waals surface area (Å²) in [5.41, 5.74) is 4.37. The minimum Gasteiger partial charge on any atom is -0.457 e. The molecule has 0 amide bonds. The topological polar surface area (TPSA) is 184 Å². The van der Waals surface area contributed by atoms with Gasteiger partial charge in [-0.15, -0.1) is 0 Å². The van der Waals surface area contributed by atoms with Gasteiger partial charge in [-0.3, -0.25) is 4.84 Å². The highest BCUT2D eigenvalue weighted by Gasteiger charge is 2.47. The molecule has 31 heavy (non-hydrogen) atoms. The molecule has 0 aliphatic carbocycles. The quantitative estimate of drug-likeness (QED) is 0.205. The van der Waals surface area contributed by atoms with Gasteiger partial charge in [0.1, 0.15) is 24.4 Å². The number of H-pyrrole nitrogens is 1. The summed E-state index contributed by atoms with van der Waals surface area (Å²) in [5.74, 6) is -0.335. The number of hydroxylamine groups is 1. The molecule has 7 atom stereocenters. The first-order valence-electron chi connectivity index (χ1n) is 9.70. The fourth-order valence-electron chi connectivity index (χ4n) is 3.25. The summed E-state index contributed by atoms with van der Waals surface area (Å²) < 4.78 is 16.2. The van der Waals surface area contributed by atoms with Crippen LogP contribution in [0.2, 0.25) is 0 Å². The van der Waals surface area contributed by atoms with Crippen LogP contribution in [0.25, 0.3) is 0 Å². The van der Waals surface area contributed by atoms with Crippen LogP contribution < -0.4 is 10.5 Å². The van der Waals surface area contributed by atoms with Gasteiger partial charge in [-0.2, -0.15) is 5.48 Å². The van der Waals surface area contributed by atoms with E-state index in [2.05, 4.69) is 10.5 Å². The Kier molecular flexibility index (Phi) is 8.16. The molecular formula is C19H28N2O10+. The van der Waals surface area contributed by atoms with Crippen molar-refractivity contribution in [2.45, 2.75) is 56.4 Å². The normalized spacial score (nSPS) is 34.2. The van der Waals surface area contributed by atoms with Crippen molar-refractivity contribution in [1.82, 2.24) is 5.48 Å². The second-order valence-corrected chi connectivity index (χ2v) is 7.34. The highest BCUT2D eigenvalue weighted by molar-refractivity contribution is 5.14. The minimum absolute atomic E-state index is 0.135. The van der Waals surface area contributed by atoms with Crippen LogP contribution in [0.15, 0.2) is 30.5 Å². The molecule has 1 saturated heterocycles. The van der Waals surface area contributed by atoms with Gasteiger partial charge in [-0.1, -0.05) is 0 Å². The van der Waals surface area contributed by atoms with Crippen LogP contribution in [0.1, 0.15) is 11.1 Å². The zero-order valence-electron chi connectivity index (χ0n) is 16.8. The van der Waals surface area contributed by atoms with E-state index in [1.54, 1.807) is 6.20 Å². The summed E-state index contributed by atoms with van der Waals surface area (Å²) in [6, 6.07) is 1.89. The Hall–Kier alpha value is -1.87. The molecule has 0 spiro atoms. The lowest BCUT2D eigenvalue weighted by molar-refractivity contribution is -0.379. The molecule has 2 aliphatic heterocycles. The second-order valence-electron chi connectivity index (χ2n) is 7.34. The average Bonchev–Trinajstić information content (AvgIpc) is 2.75. The molecule has 0 saturated carbocycles. The molecule has 1 aromatic heterocycles. The van der Waals surface area contributed by atoms with Crippen molar-refractivity contribution in [1.29, 1.82) is 0 Å². The Morgan fingerprint density at radius 1 is 1.10 bits per heavy atom. The van der Waals surface area contributed by atoms with E-state index in [0.29, 0.717) is 0 Å². The molecule has 1 aromatic rings. The molecule has 12 heteroatoms. The number of hydrogen-bond donors (Lipinski definition) is 7. The zero-order chi connectivity index (χ0) is 22.5. The van der Waals surface area contributed by atoms with E-state index in [1.165, 1.54) is 0 Å². The molecule has 4 unspecified atom stereocenters. The maximum Gasteiger partial charge on any atom is 0.279 e. The number of hydrogen-bond acceptors (Lipinski definition) is 11. The number of ether oxygens (including phenoxy) is 3. The van der Waals surface area contributed by atoms with Gasteiger partial charge >= 0.3 is 0 Å². The maximum absolute atomic E-state index is 10.6. The molecule has 3 rings (SSSR count). The van der Waals surface area contributed by atoms with Gasteiger partial charge in [0, 0.05) is 17.2 Å². The predicted molar refractivity (Wildman–Crippen MR) is 99.5 cm³/mol. The number of aryl methyl sites for hydroxylation is 1. The molecule has 0 aromatic carbocycles. The highest BCUT2D eigenvalue weighted by Crippen LogP contribution is 2.29. The number of rotatable bonds is 8. The third-order valence-corrected chi connectivity index (χ3v) is 4.92. The zero-order valence-corrected chi connectivity index (χ0v) is 16.8. The van der Waals surface area contributed by atoms with Crippen molar-refractivity contribution in [3.8, 4) is 0 Å². The lowest BCUT2D eigenvalue weighted by atomic mass is 9.98. The van der Waals surface area contributed by atoms with E-state index in [1.807, 2.05) is 19.2 Å². The third-order valence-electron chi connectivity index (χ3n) is 4.92. The molecule has 12 nitrogen and oxygen atoms in total. The number of aromatic amines is 1. The lowest BCUT2D eigenvalue weighted by Crippen LogP contribution is -2.63. The van der Waals surface area contributed by atoms with Gasteiger partial charge < -0.3 is 44.8 Å². The summed E-state index contributed by atoms with van der Waals surface area (Å²) in [6.45, 7) is 0.858. The summed E-state index contributed by atoms with van der Waals surface area (Å²) in [6.07, 6.45) is -5.23. The van der Waals surface area contributed by atoms with Crippen LogP contribution in [0.5, 0.6) is 0 Å². The first-order chi connectivity index (χ1) is 14.8. The van der Waals surface area contributed by atoms with E-state index in [-0.39, 0.29) is 12.6 Å². The van der Waals surface area contributed by atoms with E-state index in [9.17, 15) is 30.6 Å². The Bertz CT molecular complexity index is 750. The van der Waals surface area contributed by atoms with Gasteiger partial charge in [0.2, 0.25) is 0 Å². The fourth-order valence-corrected chi connectivity index (χ4v) is 3.25. The number of aliphatic hydroxyl groups excluding tert-OH is 6. The molecule has 8 N–H and O–H groups in total. The summed E-state index contributed by atoms with van der Waals surface area (Å²) in [7, 11) is 0. The lowest BCUT2D eigenvalue weighted by Gasteiger charge is -2.42. The third kappa shape index (κ3) is 5.68. The van der Waals surface area contributed by atoms with Crippen molar-refractivity contribution < 1.29 is 54.7 Å². The van der Waals surface area contributed by atoms with Crippen molar-refractivity contribution in [3.05, 3.63) is 47.7 Å². The second kappa shape index (κ2) is 10.6. The maximum atomic E-state index is 10.6. The Morgan fingerprint density at radius 3 is 2.52 bits per heavy atom. The molecular weight excluding hydrogens is 416 g/mol. The van der Waals surface area contributed by atoms with Crippen LogP contribution in [-0.2, 0) is 25.7 Å². The Labute approximate surface area is 178 Å². The van der Waals surface area contributed by atoms with Crippen molar-refractivity contribution in [3.63, 3.8) is 0 Å². The van der Waals surface area contributed by atoms with E-state index in [4.69, 9.17) is 19.0 Å². The smallest absolute Gasteiger partial charge is 0.279 e. The van der Waals surface area contributed by atoms with Crippen LogP contribution >= 0.6 is 0 Å². The van der Waals surface area contributed by atoms with Crippen molar-refractivity contribution in [2.75, 3.05) is 13.2 Å². The summed E-state index contributed by atoms with van der Waals surface area (Å²) in [5, 5.41) is 59.4. The highest BCUT2D eigenvalue weighted by atomic mass is 16.7. The predicted octanol–water partition coefficient (Wildman–Crippen LogP) is -2.85. The first-order valence-corrected chi connectivity index (χ1v) is 9.70. The largest absolute Gasteiger partial charge is 0.457 e. The number of aliphatic hydroxyl groups is 6. The molecule has 173 valence electrons. The SMILES string of the molecule is Cc1c[nH+]cc(CON[C@@H]2OC(CO)[C@@H](O)[C@@H](OC3=C[C](O)C(O)C(CO)O3)C2O)c1. The number of nitrogens with one attached hydrogen (secondary N) is 2. The van der Waals surface area contributed by atoms with Crippen LogP contribution in [0, 0.1) is 13.0 Å². The van der Waals surface area contributed by atoms with E-state index in [0.717, 1.165) is 17.2 Å². The van der Waals surface area contributed by atoms with Crippen LogP contribution in [0.3, 0.4) is 0 Å². The van der Waals surface area contributed by atoms with Gasteiger partial charge in [-0.25, -0.2) is 4.98 Å². The van der Waals surface area contributed by atoms with Crippen molar-refractivity contribution in [2.24, 2.45) is 0 Å². The average molecular weight is 444 g/mol. The summed E-state index contributed by atoms with van der Waals surface area (Å²) in [4.78, 5) is 8.35. The standard InChI is InChI=1S/C19H27N2O10/c1-9-2-10(5-20-4-9)8-28-21-19-17(27)18(16(26)13(7-23)30-19)31-14-3-11(24)15(25)12(6-22)29-14/h2-5,12-13,15-19,21-27H,6-8H2,1H3/p+1/t12?,13?,15?,16-,17?,18-,19-/m1/s1. The van der Waals surface area contributed by atoms with E-state index < -0.39 is 62.2 Å². The van der Waals surface area contributed by atoms with Crippen LogP contribution in [-0.4, -0.2) is 86.7 Å². The Morgan fingerprint density at radius 2 is 1.84 bits per heavy atom. The van der Waals surface area contributed by atoms with Gasteiger partial charge in [0.05, 0.1) is 19.8 Å². The van der Waals surface area contributed by atoms with Gasteiger partial charge in [0.15, 0.2) is 36.9 Å². The van der Waals surface area contributed by atoms with Crippen molar-refractivity contribution >= 4 is 0 Å². The van der Waals surface area contributed by atoms with Gasteiger partial charge in [-0.05, 0) is 13.0 Å². The number of aromatic nitrogens is 1. The molecule has 1 fully saturated rings. The van der Waals surface area contributed by atoms with Gasteiger partial charge in [0.25, 0.3) is 5.95 Å². The molecule has 0 bridgehead atoms. The van der Waals surface area contributed by atoms with Crippen LogP contribution in [0.4, 0.5) is 0 Å². The minimum atomic E-state index is -1.48. The molecule has 3 heterocycles.